The third kappa shape index (κ3) is 3.75. The van der Waals surface area contributed by atoms with Gasteiger partial charge in [-0.2, -0.15) is 9.78 Å². The number of ether oxygens (including phenoxy) is 1. The SMILES string of the molecule is COc1ccc2nc(-n3nc(C)cc3NC(=O)Cc3ccc(C)cc3)sc2c1. The average molecular weight is 392 g/mol. The molecule has 0 radical (unpaired) electrons. The maximum Gasteiger partial charge on any atom is 0.229 e. The Bertz CT molecular complexity index is 1150. The molecule has 2 aromatic carbocycles. The number of carbonyl (C=O) groups excluding carboxylic acids is 1. The van der Waals surface area contributed by atoms with Gasteiger partial charge in [0.15, 0.2) is 0 Å². The van der Waals surface area contributed by atoms with E-state index in [0.29, 0.717) is 17.4 Å². The van der Waals surface area contributed by atoms with Crippen LogP contribution in [0.5, 0.6) is 5.75 Å². The molecule has 0 fully saturated rings. The molecule has 6 nitrogen and oxygen atoms in total. The van der Waals surface area contributed by atoms with Crippen LogP contribution in [0, 0.1) is 13.8 Å². The van der Waals surface area contributed by atoms with E-state index in [0.717, 1.165) is 27.2 Å². The summed E-state index contributed by atoms with van der Waals surface area (Å²) >= 11 is 1.50. The molecule has 2 heterocycles. The van der Waals surface area contributed by atoms with Gasteiger partial charge in [0, 0.05) is 6.07 Å². The lowest BCUT2D eigenvalue weighted by molar-refractivity contribution is -0.115. The van der Waals surface area contributed by atoms with Crippen molar-refractivity contribution in [1.82, 2.24) is 14.8 Å². The lowest BCUT2D eigenvalue weighted by Gasteiger charge is -2.07. The van der Waals surface area contributed by atoms with E-state index < -0.39 is 0 Å². The van der Waals surface area contributed by atoms with E-state index in [1.54, 1.807) is 11.8 Å². The molecular weight excluding hydrogens is 372 g/mol. The zero-order chi connectivity index (χ0) is 19.7. The third-order valence-electron chi connectivity index (χ3n) is 4.35. The van der Waals surface area contributed by atoms with E-state index in [1.807, 2.05) is 62.4 Å². The van der Waals surface area contributed by atoms with Crippen LogP contribution < -0.4 is 10.1 Å². The number of rotatable bonds is 5. The largest absolute Gasteiger partial charge is 0.497 e. The predicted molar refractivity (Wildman–Crippen MR) is 112 cm³/mol. The lowest BCUT2D eigenvalue weighted by Crippen LogP contribution is -2.17. The molecule has 0 atom stereocenters. The van der Waals surface area contributed by atoms with Gasteiger partial charge in [0.1, 0.15) is 11.6 Å². The molecule has 0 aliphatic heterocycles. The number of hydrogen-bond donors (Lipinski definition) is 1. The van der Waals surface area contributed by atoms with Crippen molar-refractivity contribution in [2.75, 3.05) is 12.4 Å². The van der Waals surface area contributed by atoms with E-state index in [2.05, 4.69) is 15.4 Å². The van der Waals surface area contributed by atoms with Gasteiger partial charge in [-0.25, -0.2) is 4.98 Å². The van der Waals surface area contributed by atoms with Crippen molar-refractivity contribution < 1.29 is 9.53 Å². The highest BCUT2D eigenvalue weighted by Gasteiger charge is 2.15. The molecular formula is C21H20N4O2S. The maximum absolute atomic E-state index is 12.5. The van der Waals surface area contributed by atoms with E-state index in [-0.39, 0.29) is 5.91 Å². The van der Waals surface area contributed by atoms with Crippen molar-refractivity contribution >= 4 is 33.3 Å². The first-order chi connectivity index (χ1) is 13.5. The van der Waals surface area contributed by atoms with Crippen LogP contribution >= 0.6 is 11.3 Å². The lowest BCUT2D eigenvalue weighted by atomic mass is 10.1. The standard InChI is InChI=1S/C21H20N4O2S/c1-13-4-6-15(7-5-13)11-20(26)23-19-10-14(2)24-25(19)21-22-17-9-8-16(27-3)12-18(17)28-21/h4-10,12H,11H2,1-3H3,(H,23,26). The quantitative estimate of drug-likeness (QED) is 0.550. The Labute approximate surface area is 166 Å². The zero-order valence-electron chi connectivity index (χ0n) is 15.9. The minimum absolute atomic E-state index is 0.0900. The number of methoxy groups -OCH3 is 1. The fourth-order valence-electron chi connectivity index (χ4n) is 2.92. The van der Waals surface area contributed by atoms with Gasteiger partial charge in [0.05, 0.1) is 29.4 Å². The third-order valence-corrected chi connectivity index (χ3v) is 5.34. The summed E-state index contributed by atoms with van der Waals surface area (Å²) in [5.74, 6) is 1.30. The zero-order valence-corrected chi connectivity index (χ0v) is 16.7. The van der Waals surface area contributed by atoms with Gasteiger partial charge in [-0.05, 0) is 37.6 Å². The normalized spacial score (nSPS) is 11.0. The highest BCUT2D eigenvalue weighted by Crippen LogP contribution is 2.30. The summed E-state index contributed by atoms with van der Waals surface area (Å²) in [6, 6.07) is 15.5. The second kappa shape index (κ2) is 7.44. The minimum atomic E-state index is -0.0900. The molecule has 1 N–H and O–H groups in total. The number of nitrogens with zero attached hydrogens (tertiary/aromatic N) is 3. The summed E-state index contributed by atoms with van der Waals surface area (Å²) in [7, 11) is 1.64. The highest BCUT2D eigenvalue weighted by atomic mass is 32.1. The smallest absolute Gasteiger partial charge is 0.229 e. The number of aryl methyl sites for hydroxylation is 2. The number of benzene rings is 2. The molecule has 0 saturated heterocycles. The van der Waals surface area contributed by atoms with Crippen LogP contribution in [0.25, 0.3) is 15.3 Å². The van der Waals surface area contributed by atoms with Crippen molar-refractivity contribution in [1.29, 1.82) is 0 Å². The number of fused-ring (bicyclic) bond motifs is 1. The Hall–Kier alpha value is -3.19. The summed E-state index contributed by atoms with van der Waals surface area (Å²) in [5.41, 5.74) is 3.82. The van der Waals surface area contributed by atoms with Crippen LogP contribution in [0.1, 0.15) is 16.8 Å². The van der Waals surface area contributed by atoms with E-state index in [4.69, 9.17) is 4.74 Å². The molecule has 0 aliphatic carbocycles. The van der Waals surface area contributed by atoms with Crippen LogP contribution in [-0.4, -0.2) is 27.8 Å². The van der Waals surface area contributed by atoms with Gasteiger partial charge in [-0.15, -0.1) is 0 Å². The molecule has 142 valence electrons. The summed E-state index contributed by atoms with van der Waals surface area (Å²) < 4.78 is 7.96. The molecule has 0 spiro atoms. The number of carbonyl (C=O) groups is 1. The summed E-state index contributed by atoms with van der Waals surface area (Å²) in [6.07, 6.45) is 0.307. The number of amides is 1. The predicted octanol–water partition coefficient (Wildman–Crippen LogP) is 4.29. The molecule has 4 rings (SSSR count). The van der Waals surface area contributed by atoms with Crippen LogP contribution in [0.2, 0.25) is 0 Å². The van der Waals surface area contributed by atoms with Gasteiger partial charge in [0.25, 0.3) is 0 Å². The Morgan fingerprint density at radius 1 is 1.14 bits per heavy atom. The monoisotopic (exact) mass is 392 g/mol. The Kier molecular flexibility index (Phi) is 4.83. The summed E-state index contributed by atoms with van der Waals surface area (Å²) in [5, 5.41) is 8.17. The van der Waals surface area contributed by atoms with Crippen molar-refractivity contribution in [3.63, 3.8) is 0 Å². The van der Waals surface area contributed by atoms with Crippen molar-refractivity contribution in [2.45, 2.75) is 20.3 Å². The maximum atomic E-state index is 12.5. The van der Waals surface area contributed by atoms with Gasteiger partial charge in [-0.3, -0.25) is 4.79 Å². The molecule has 0 saturated carbocycles. The molecule has 0 aliphatic rings. The second-order valence-electron chi connectivity index (χ2n) is 6.62. The first kappa shape index (κ1) is 18.2. The first-order valence-electron chi connectivity index (χ1n) is 8.89. The van der Waals surface area contributed by atoms with Crippen LogP contribution in [0.4, 0.5) is 5.82 Å². The Morgan fingerprint density at radius 2 is 1.93 bits per heavy atom. The molecule has 0 unspecified atom stereocenters. The van der Waals surface area contributed by atoms with Gasteiger partial charge >= 0.3 is 0 Å². The molecule has 28 heavy (non-hydrogen) atoms. The van der Waals surface area contributed by atoms with Gasteiger partial charge < -0.3 is 10.1 Å². The van der Waals surface area contributed by atoms with Crippen LogP contribution in [0.15, 0.2) is 48.5 Å². The van der Waals surface area contributed by atoms with Gasteiger partial charge in [0.2, 0.25) is 11.0 Å². The molecule has 2 aromatic heterocycles. The van der Waals surface area contributed by atoms with Crippen molar-refractivity contribution in [2.24, 2.45) is 0 Å². The second-order valence-corrected chi connectivity index (χ2v) is 7.63. The summed E-state index contributed by atoms with van der Waals surface area (Å²) in [6.45, 7) is 3.92. The van der Waals surface area contributed by atoms with Crippen LogP contribution in [0.3, 0.4) is 0 Å². The molecule has 0 bridgehead atoms. The Morgan fingerprint density at radius 3 is 2.68 bits per heavy atom. The number of anilines is 1. The minimum Gasteiger partial charge on any atom is -0.497 e. The van der Waals surface area contributed by atoms with E-state index in [9.17, 15) is 4.79 Å². The fraction of sp³-hybridized carbons (Fsp3) is 0.190. The summed E-state index contributed by atoms with van der Waals surface area (Å²) in [4.78, 5) is 17.2. The average Bonchev–Trinajstić information content (AvgIpc) is 3.25. The van der Waals surface area contributed by atoms with Crippen LogP contribution in [-0.2, 0) is 11.2 Å². The number of nitrogens with one attached hydrogen (secondary N) is 1. The Balaban J connectivity index is 1.59. The number of aromatic nitrogens is 3. The topological polar surface area (TPSA) is 69.0 Å². The number of thiazole rings is 1. The van der Waals surface area contributed by atoms with E-state index in [1.165, 1.54) is 16.9 Å². The number of hydrogen-bond acceptors (Lipinski definition) is 5. The molecule has 4 aromatic rings. The highest BCUT2D eigenvalue weighted by molar-refractivity contribution is 7.20. The molecule has 7 heteroatoms. The molecule has 1 amide bonds. The fourth-order valence-corrected chi connectivity index (χ4v) is 3.88. The van der Waals surface area contributed by atoms with Crippen molar-refractivity contribution in [3.8, 4) is 10.9 Å². The van der Waals surface area contributed by atoms with Gasteiger partial charge in [-0.1, -0.05) is 41.2 Å². The van der Waals surface area contributed by atoms with Crippen molar-refractivity contribution in [3.05, 3.63) is 65.4 Å². The first-order valence-corrected chi connectivity index (χ1v) is 9.70. The van der Waals surface area contributed by atoms with E-state index >= 15 is 0 Å².